The zero-order chi connectivity index (χ0) is 16.2. The first-order chi connectivity index (χ1) is 10.4. The molecule has 2 rings (SSSR count). The van der Waals surface area contributed by atoms with Crippen LogP contribution in [0.25, 0.3) is 0 Å². The van der Waals surface area contributed by atoms with E-state index in [4.69, 9.17) is 9.84 Å². The Labute approximate surface area is 132 Å². The van der Waals surface area contributed by atoms with Gasteiger partial charge in [-0.25, -0.2) is 9.59 Å². The Morgan fingerprint density at radius 1 is 1.23 bits per heavy atom. The van der Waals surface area contributed by atoms with Crippen LogP contribution in [-0.2, 0) is 4.74 Å². The van der Waals surface area contributed by atoms with Gasteiger partial charge in [-0.15, -0.1) is 0 Å². The lowest BCUT2D eigenvalue weighted by atomic mass is 10.1. The molecular formula is C16H28N2O4. The van der Waals surface area contributed by atoms with E-state index in [9.17, 15) is 9.59 Å². The minimum absolute atomic E-state index is 0.383. The highest BCUT2D eigenvalue weighted by molar-refractivity contribution is 5.70. The van der Waals surface area contributed by atoms with E-state index < -0.39 is 11.8 Å². The largest absolute Gasteiger partial charge is 0.465 e. The minimum atomic E-state index is -1.16. The molecule has 0 aromatic heterocycles. The predicted molar refractivity (Wildman–Crippen MR) is 82.6 cm³/mol. The van der Waals surface area contributed by atoms with Crippen molar-refractivity contribution in [3.8, 4) is 0 Å². The minimum Gasteiger partial charge on any atom is -0.465 e. The first kappa shape index (κ1) is 16.9. The van der Waals surface area contributed by atoms with Crippen molar-refractivity contribution in [1.82, 2.24) is 10.2 Å². The highest BCUT2D eigenvalue weighted by atomic mass is 16.6. The molecule has 0 radical (unpaired) electrons. The number of rotatable bonds is 9. The molecule has 2 aliphatic rings. The lowest BCUT2D eigenvalue weighted by molar-refractivity contribution is -0.0244. The van der Waals surface area contributed by atoms with Crippen molar-refractivity contribution in [3.05, 3.63) is 0 Å². The summed E-state index contributed by atoms with van der Waals surface area (Å²) in [5.74, 6) is 1.20. The first-order valence-corrected chi connectivity index (χ1v) is 8.41. The summed E-state index contributed by atoms with van der Waals surface area (Å²) < 4.78 is 5.57. The van der Waals surface area contributed by atoms with Crippen LogP contribution >= 0.6 is 0 Å². The third kappa shape index (κ3) is 5.73. The van der Waals surface area contributed by atoms with Gasteiger partial charge >= 0.3 is 12.2 Å². The summed E-state index contributed by atoms with van der Waals surface area (Å²) in [6, 6.07) is 0. The molecule has 0 aromatic carbocycles. The monoisotopic (exact) mass is 312 g/mol. The molecule has 0 aliphatic heterocycles. The molecule has 0 bridgehead atoms. The number of nitrogens with zero attached hydrogens (tertiary/aromatic N) is 1. The van der Waals surface area contributed by atoms with Crippen molar-refractivity contribution < 1.29 is 19.4 Å². The number of amides is 2. The third-order valence-corrected chi connectivity index (χ3v) is 4.30. The van der Waals surface area contributed by atoms with Gasteiger partial charge in [-0.05, 0) is 50.9 Å². The Balaban J connectivity index is 1.94. The van der Waals surface area contributed by atoms with Crippen LogP contribution in [-0.4, -0.2) is 41.0 Å². The van der Waals surface area contributed by atoms with Crippen LogP contribution in [0.5, 0.6) is 0 Å². The van der Waals surface area contributed by atoms with Gasteiger partial charge in [0.05, 0.1) is 0 Å². The quantitative estimate of drug-likeness (QED) is 0.639. The van der Waals surface area contributed by atoms with E-state index in [1.54, 1.807) is 11.8 Å². The van der Waals surface area contributed by atoms with E-state index in [0.717, 1.165) is 25.9 Å². The summed E-state index contributed by atoms with van der Waals surface area (Å²) in [4.78, 5) is 25.3. The second-order valence-electron chi connectivity index (χ2n) is 6.92. The van der Waals surface area contributed by atoms with E-state index >= 15 is 0 Å². The molecule has 0 heterocycles. The van der Waals surface area contributed by atoms with Gasteiger partial charge in [0, 0.05) is 19.5 Å². The fraction of sp³-hybridized carbons (Fsp3) is 0.875. The molecule has 2 N–H and O–H groups in total. The van der Waals surface area contributed by atoms with Gasteiger partial charge < -0.3 is 14.7 Å². The predicted octanol–water partition coefficient (Wildman–Crippen LogP) is 3.42. The molecule has 2 aliphatic carbocycles. The molecule has 2 fully saturated rings. The normalized spacial score (nSPS) is 20.1. The van der Waals surface area contributed by atoms with Crippen molar-refractivity contribution in [1.29, 1.82) is 0 Å². The number of carbonyl (C=O) groups excluding carboxylic acids is 1. The van der Waals surface area contributed by atoms with Crippen LogP contribution in [0.2, 0.25) is 0 Å². The van der Waals surface area contributed by atoms with E-state index in [1.165, 1.54) is 25.7 Å². The molecule has 2 saturated carbocycles. The molecule has 22 heavy (non-hydrogen) atoms. The highest BCUT2D eigenvalue weighted by Gasteiger charge is 2.36. The Hall–Kier alpha value is -1.46. The Bertz CT molecular complexity index is 393. The number of ether oxygens (including phenoxy) is 1. The van der Waals surface area contributed by atoms with Gasteiger partial charge in [-0.3, -0.25) is 5.32 Å². The van der Waals surface area contributed by atoms with Gasteiger partial charge in [0.2, 0.25) is 0 Å². The summed E-state index contributed by atoms with van der Waals surface area (Å²) in [6.45, 7) is 5.15. The molecule has 6 nitrogen and oxygen atoms in total. The van der Waals surface area contributed by atoms with Gasteiger partial charge in [0.15, 0.2) is 5.72 Å². The second-order valence-corrected chi connectivity index (χ2v) is 6.92. The molecule has 1 atom stereocenters. The highest BCUT2D eigenvalue weighted by Crippen LogP contribution is 2.34. The average Bonchev–Trinajstić information content (AvgIpc) is 3.29. The lowest BCUT2D eigenvalue weighted by Gasteiger charge is -2.32. The smallest absolute Gasteiger partial charge is 0.411 e. The Kier molecular flexibility index (Phi) is 5.53. The molecule has 6 heteroatoms. The van der Waals surface area contributed by atoms with Crippen LogP contribution in [0.15, 0.2) is 0 Å². The molecule has 0 saturated heterocycles. The standard InChI is InChI=1S/C16H28N2O4/c1-3-4-9-16(2,17-14(19)20)22-15(21)18(10-12-5-6-12)11-13-7-8-13/h12-13,17H,3-11H2,1-2H3,(H,19,20)/t16-/m0/s1. The van der Waals surface area contributed by atoms with Gasteiger partial charge in [0.1, 0.15) is 0 Å². The van der Waals surface area contributed by atoms with E-state index in [2.05, 4.69) is 5.32 Å². The van der Waals surface area contributed by atoms with E-state index in [0.29, 0.717) is 18.3 Å². The molecule has 126 valence electrons. The summed E-state index contributed by atoms with van der Waals surface area (Å²) in [5.41, 5.74) is -1.15. The van der Waals surface area contributed by atoms with Crippen LogP contribution in [0.3, 0.4) is 0 Å². The fourth-order valence-corrected chi connectivity index (χ4v) is 2.58. The summed E-state index contributed by atoms with van der Waals surface area (Å²) >= 11 is 0. The van der Waals surface area contributed by atoms with Gasteiger partial charge in [-0.1, -0.05) is 13.3 Å². The van der Waals surface area contributed by atoms with E-state index in [-0.39, 0.29) is 6.09 Å². The first-order valence-electron chi connectivity index (χ1n) is 8.41. The Morgan fingerprint density at radius 3 is 2.18 bits per heavy atom. The van der Waals surface area contributed by atoms with Crippen molar-refractivity contribution in [2.45, 2.75) is 64.5 Å². The van der Waals surface area contributed by atoms with Crippen molar-refractivity contribution >= 4 is 12.2 Å². The molecule has 0 spiro atoms. The number of unbranched alkanes of at least 4 members (excludes halogenated alkanes) is 1. The van der Waals surface area contributed by atoms with Crippen LogP contribution in [0.1, 0.15) is 58.8 Å². The maximum Gasteiger partial charge on any atom is 0.411 e. The van der Waals surface area contributed by atoms with Gasteiger partial charge in [-0.2, -0.15) is 0 Å². The third-order valence-electron chi connectivity index (χ3n) is 4.30. The summed E-state index contributed by atoms with van der Waals surface area (Å²) in [6.07, 6.45) is 5.36. The average molecular weight is 312 g/mol. The summed E-state index contributed by atoms with van der Waals surface area (Å²) in [5, 5.41) is 11.4. The molecule has 0 aromatic rings. The van der Waals surface area contributed by atoms with Crippen LogP contribution in [0, 0.1) is 11.8 Å². The topological polar surface area (TPSA) is 78.9 Å². The molecule has 2 amide bonds. The molecule has 0 unspecified atom stereocenters. The number of carbonyl (C=O) groups is 2. The van der Waals surface area contributed by atoms with Crippen molar-refractivity contribution in [2.75, 3.05) is 13.1 Å². The van der Waals surface area contributed by atoms with Crippen LogP contribution in [0.4, 0.5) is 9.59 Å². The number of nitrogens with one attached hydrogen (secondary N) is 1. The number of carboxylic acid groups (broad SMARTS) is 1. The number of hydrogen-bond acceptors (Lipinski definition) is 3. The van der Waals surface area contributed by atoms with Crippen molar-refractivity contribution in [2.24, 2.45) is 11.8 Å². The van der Waals surface area contributed by atoms with Crippen LogP contribution < -0.4 is 5.32 Å². The maximum absolute atomic E-state index is 12.5. The Morgan fingerprint density at radius 2 is 1.77 bits per heavy atom. The zero-order valence-electron chi connectivity index (χ0n) is 13.6. The van der Waals surface area contributed by atoms with Crippen molar-refractivity contribution in [3.63, 3.8) is 0 Å². The van der Waals surface area contributed by atoms with E-state index in [1.807, 2.05) is 6.92 Å². The fourth-order valence-electron chi connectivity index (χ4n) is 2.58. The summed E-state index contributed by atoms with van der Waals surface area (Å²) in [7, 11) is 0. The second kappa shape index (κ2) is 7.20. The maximum atomic E-state index is 12.5. The zero-order valence-corrected chi connectivity index (χ0v) is 13.6. The van der Waals surface area contributed by atoms with Gasteiger partial charge in [0.25, 0.3) is 0 Å². The number of hydrogen-bond donors (Lipinski definition) is 2. The molecular weight excluding hydrogens is 284 g/mol. The SMILES string of the molecule is CCCC[C@@](C)(NC(=O)O)OC(=O)N(CC1CC1)CC1CC1. The lowest BCUT2D eigenvalue weighted by Crippen LogP contribution is -2.51.